The summed E-state index contributed by atoms with van der Waals surface area (Å²) in [6.45, 7) is 9.03. The molecule has 1 aromatic carbocycles. The van der Waals surface area contributed by atoms with Crippen molar-refractivity contribution in [2.45, 2.75) is 77.2 Å². The molecule has 28 heavy (non-hydrogen) atoms. The molecule has 5 heteroatoms. The average Bonchev–Trinajstić information content (AvgIpc) is 2.70. The van der Waals surface area contributed by atoms with Crippen LogP contribution in [0.2, 0.25) is 0 Å². The Balaban J connectivity index is 1.78. The zero-order valence-electron chi connectivity index (χ0n) is 17.2. The number of benzene rings is 1. The molecular weight excluding hydrogens is 467 g/mol. The summed E-state index contributed by atoms with van der Waals surface area (Å²) in [7, 11) is 0. The van der Waals surface area contributed by atoms with Gasteiger partial charge in [0.05, 0.1) is 16.8 Å². The first-order valence-corrected chi connectivity index (χ1v) is 11.5. The van der Waals surface area contributed by atoms with E-state index in [1.807, 2.05) is 19.1 Å². The van der Waals surface area contributed by atoms with Gasteiger partial charge in [0.1, 0.15) is 5.60 Å². The van der Waals surface area contributed by atoms with Crippen LogP contribution in [0.4, 0.5) is 0 Å². The van der Waals surface area contributed by atoms with Gasteiger partial charge in [-0.25, -0.2) is 0 Å². The molecule has 0 bridgehead atoms. The van der Waals surface area contributed by atoms with Crippen molar-refractivity contribution in [3.8, 4) is 11.5 Å². The second kappa shape index (κ2) is 11.7. The second-order valence-electron chi connectivity index (χ2n) is 7.34. The standard InChI is InChI=1S/C23H33IO4/c1-4-18-16-19(24)22(20(17-18)26-6-3)27-15-11-8-12-21(25)28-23(5-2)13-9-7-10-14-23/h4,16-17H,1,5-15H2,2-3H3. The van der Waals surface area contributed by atoms with Crippen molar-refractivity contribution in [1.29, 1.82) is 0 Å². The summed E-state index contributed by atoms with van der Waals surface area (Å²) in [6, 6.07) is 3.97. The van der Waals surface area contributed by atoms with Gasteiger partial charge in [-0.3, -0.25) is 4.79 Å². The molecule has 0 spiro atoms. The highest BCUT2D eigenvalue weighted by Crippen LogP contribution is 2.36. The maximum Gasteiger partial charge on any atom is 0.306 e. The number of hydrogen-bond donors (Lipinski definition) is 0. The first-order valence-electron chi connectivity index (χ1n) is 10.5. The van der Waals surface area contributed by atoms with Gasteiger partial charge in [0.15, 0.2) is 11.5 Å². The van der Waals surface area contributed by atoms with Crippen LogP contribution in [0.25, 0.3) is 6.08 Å². The lowest BCUT2D eigenvalue weighted by Crippen LogP contribution is -2.36. The number of rotatable bonds is 11. The zero-order valence-corrected chi connectivity index (χ0v) is 19.4. The lowest BCUT2D eigenvalue weighted by Gasteiger charge is -2.36. The van der Waals surface area contributed by atoms with E-state index in [2.05, 4.69) is 36.1 Å². The maximum atomic E-state index is 12.3. The van der Waals surface area contributed by atoms with Crippen LogP contribution >= 0.6 is 22.6 Å². The number of halogens is 1. The summed E-state index contributed by atoms with van der Waals surface area (Å²) >= 11 is 2.26. The Kier molecular flexibility index (Phi) is 9.62. The van der Waals surface area contributed by atoms with E-state index in [-0.39, 0.29) is 11.6 Å². The minimum absolute atomic E-state index is 0.0660. The molecule has 1 saturated carbocycles. The molecule has 0 atom stereocenters. The summed E-state index contributed by atoms with van der Waals surface area (Å²) in [4.78, 5) is 12.3. The lowest BCUT2D eigenvalue weighted by atomic mass is 9.83. The molecule has 0 amide bonds. The Hall–Kier alpha value is -1.24. The Labute approximate surface area is 183 Å². The molecule has 156 valence electrons. The molecular formula is C23H33IO4. The molecule has 1 fully saturated rings. The van der Waals surface area contributed by atoms with E-state index in [9.17, 15) is 4.79 Å². The largest absolute Gasteiger partial charge is 0.490 e. The molecule has 4 nitrogen and oxygen atoms in total. The SMILES string of the molecule is C=Cc1cc(I)c(OCCCCC(=O)OC2(CC)CCCCC2)c(OCC)c1. The smallest absolute Gasteiger partial charge is 0.306 e. The first kappa shape index (κ1) is 23.0. The minimum atomic E-state index is -0.207. The van der Waals surface area contributed by atoms with Gasteiger partial charge in [-0.2, -0.15) is 0 Å². The van der Waals surface area contributed by atoms with Gasteiger partial charge in [-0.05, 0) is 92.2 Å². The second-order valence-corrected chi connectivity index (χ2v) is 8.51. The van der Waals surface area contributed by atoms with Crippen molar-refractivity contribution in [2.75, 3.05) is 13.2 Å². The Morgan fingerprint density at radius 3 is 2.57 bits per heavy atom. The molecule has 0 N–H and O–H groups in total. The molecule has 0 unspecified atom stereocenters. The number of esters is 1. The highest BCUT2D eigenvalue weighted by molar-refractivity contribution is 14.1. The fourth-order valence-corrected chi connectivity index (χ4v) is 4.45. The van der Waals surface area contributed by atoms with Crippen molar-refractivity contribution < 1.29 is 19.0 Å². The fraction of sp³-hybridized carbons (Fsp3) is 0.609. The maximum absolute atomic E-state index is 12.3. The van der Waals surface area contributed by atoms with Gasteiger partial charge in [0, 0.05) is 6.42 Å². The van der Waals surface area contributed by atoms with Crippen LogP contribution in [0.3, 0.4) is 0 Å². The van der Waals surface area contributed by atoms with Gasteiger partial charge < -0.3 is 14.2 Å². The minimum Gasteiger partial charge on any atom is -0.490 e. The summed E-state index contributed by atoms with van der Waals surface area (Å²) < 4.78 is 18.6. The van der Waals surface area contributed by atoms with Crippen LogP contribution < -0.4 is 9.47 Å². The van der Waals surface area contributed by atoms with Crippen molar-refractivity contribution >= 4 is 34.6 Å². The van der Waals surface area contributed by atoms with E-state index in [1.54, 1.807) is 6.08 Å². The van der Waals surface area contributed by atoms with Crippen LogP contribution in [-0.4, -0.2) is 24.8 Å². The Bertz CT molecular complexity index is 650. The Morgan fingerprint density at radius 1 is 1.18 bits per heavy atom. The molecule has 1 aromatic rings. The van der Waals surface area contributed by atoms with Crippen molar-refractivity contribution in [3.05, 3.63) is 27.8 Å². The molecule has 1 aliphatic rings. The van der Waals surface area contributed by atoms with Crippen LogP contribution in [0.5, 0.6) is 11.5 Å². The zero-order chi connectivity index (χ0) is 20.4. The topological polar surface area (TPSA) is 44.8 Å². The van der Waals surface area contributed by atoms with E-state index < -0.39 is 0 Å². The van der Waals surface area contributed by atoms with E-state index in [1.165, 1.54) is 19.3 Å². The number of ether oxygens (including phenoxy) is 3. The molecule has 0 aliphatic heterocycles. The van der Waals surface area contributed by atoms with E-state index in [4.69, 9.17) is 14.2 Å². The van der Waals surface area contributed by atoms with Crippen molar-refractivity contribution in [2.24, 2.45) is 0 Å². The Morgan fingerprint density at radius 2 is 1.93 bits per heavy atom. The molecule has 0 aromatic heterocycles. The molecule has 0 saturated heterocycles. The highest BCUT2D eigenvalue weighted by Gasteiger charge is 2.33. The van der Waals surface area contributed by atoms with Gasteiger partial charge in [0.2, 0.25) is 0 Å². The lowest BCUT2D eigenvalue weighted by molar-refractivity contribution is -0.164. The summed E-state index contributed by atoms with van der Waals surface area (Å²) in [5.41, 5.74) is 0.803. The molecule has 2 rings (SSSR count). The van der Waals surface area contributed by atoms with Gasteiger partial charge >= 0.3 is 5.97 Å². The van der Waals surface area contributed by atoms with Crippen LogP contribution in [0.1, 0.15) is 77.2 Å². The highest BCUT2D eigenvalue weighted by atomic mass is 127. The third-order valence-electron chi connectivity index (χ3n) is 5.33. The number of hydrogen-bond acceptors (Lipinski definition) is 4. The third kappa shape index (κ3) is 6.68. The first-order chi connectivity index (χ1) is 13.5. The fourth-order valence-electron chi connectivity index (χ4n) is 3.67. The normalized spacial score (nSPS) is 15.7. The van der Waals surface area contributed by atoms with Crippen LogP contribution in [-0.2, 0) is 9.53 Å². The molecule has 0 heterocycles. The van der Waals surface area contributed by atoms with E-state index >= 15 is 0 Å². The van der Waals surface area contributed by atoms with Gasteiger partial charge in [-0.1, -0.05) is 26.0 Å². The van der Waals surface area contributed by atoms with Gasteiger partial charge in [-0.15, -0.1) is 0 Å². The monoisotopic (exact) mass is 500 g/mol. The van der Waals surface area contributed by atoms with Crippen molar-refractivity contribution in [3.63, 3.8) is 0 Å². The number of carbonyl (C=O) groups is 1. The number of carbonyl (C=O) groups excluding carboxylic acids is 1. The molecule has 0 radical (unpaired) electrons. The van der Waals surface area contributed by atoms with Crippen LogP contribution in [0, 0.1) is 3.57 Å². The van der Waals surface area contributed by atoms with Gasteiger partial charge in [0.25, 0.3) is 0 Å². The van der Waals surface area contributed by atoms with E-state index in [0.717, 1.165) is 52.7 Å². The molecule has 1 aliphatic carbocycles. The summed E-state index contributed by atoms with van der Waals surface area (Å²) in [6.07, 6.45) is 10.4. The average molecular weight is 500 g/mol. The van der Waals surface area contributed by atoms with Crippen molar-refractivity contribution in [1.82, 2.24) is 0 Å². The predicted octanol–water partition coefficient (Wildman–Crippen LogP) is 6.54. The van der Waals surface area contributed by atoms with Crippen LogP contribution in [0.15, 0.2) is 18.7 Å². The number of unbranched alkanes of at least 4 members (excludes halogenated alkanes) is 1. The van der Waals surface area contributed by atoms with E-state index in [0.29, 0.717) is 19.6 Å². The predicted molar refractivity (Wildman–Crippen MR) is 122 cm³/mol. The quantitative estimate of drug-likeness (QED) is 0.197. The summed E-state index contributed by atoms with van der Waals surface area (Å²) in [5, 5.41) is 0. The summed E-state index contributed by atoms with van der Waals surface area (Å²) in [5.74, 6) is 1.44. The third-order valence-corrected chi connectivity index (χ3v) is 6.13.